The highest BCUT2D eigenvalue weighted by molar-refractivity contribution is 6.15. The number of benzene rings is 1. The lowest BCUT2D eigenvalue weighted by Crippen LogP contribution is -2.37. The Morgan fingerprint density at radius 3 is 2.52 bits per heavy atom. The molecule has 21 heavy (non-hydrogen) atoms. The Morgan fingerprint density at radius 2 is 2.00 bits per heavy atom. The van der Waals surface area contributed by atoms with Crippen LogP contribution < -0.4 is 5.32 Å². The van der Waals surface area contributed by atoms with Gasteiger partial charge in [-0.2, -0.15) is 4.99 Å². The first-order chi connectivity index (χ1) is 9.88. The number of amides is 2. The highest BCUT2D eigenvalue weighted by atomic mass is 16.6. The van der Waals surface area contributed by atoms with Gasteiger partial charge in [-0.05, 0) is 23.8 Å². The number of non-ortho nitro benzene ring substituents is 1. The van der Waals surface area contributed by atoms with E-state index in [2.05, 4.69) is 10.3 Å². The molecule has 0 spiro atoms. The third-order valence-corrected chi connectivity index (χ3v) is 2.80. The van der Waals surface area contributed by atoms with Crippen LogP contribution >= 0.6 is 0 Å². The Labute approximate surface area is 119 Å². The van der Waals surface area contributed by atoms with Crippen molar-refractivity contribution in [2.24, 2.45) is 4.99 Å². The summed E-state index contributed by atoms with van der Waals surface area (Å²) in [6, 6.07) is 5.76. The molecule has 1 heterocycles. The second kappa shape index (κ2) is 5.53. The van der Waals surface area contributed by atoms with Crippen molar-refractivity contribution in [2.75, 3.05) is 7.05 Å². The van der Waals surface area contributed by atoms with E-state index in [1.807, 2.05) is 0 Å². The Balaban J connectivity index is 2.24. The minimum Gasteiger partial charge on any atom is -0.310 e. The zero-order valence-electron chi connectivity index (χ0n) is 11.4. The predicted molar refractivity (Wildman–Crippen MR) is 75.1 cm³/mol. The molecule has 108 valence electrons. The summed E-state index contributed by atoms with van der Waals surface area (Å²) in [5, 5.41) is 13.0. The molecule has 0 radical (unpaired) electrons. The number of carbonyl (C=O) groups excluding carboxylic acids is 2. The van der Waals surface area contributed by atoms with Crippen LogP contribution in [0.25, 0.3) is 6.08 Å². The van der Waals surface area contributed by atoms with Gasteiger partial charge in [-0.15, -0.1) is 0 Å². The third kappa shape index (κ3) is 3.11. The average Bonchev–Trinajstić information content (AvgIpc) is 2.66. The van der Waals surface area contributed by atoms with Gasteiger partial charge in [0.15, 0.2) is 0 Å². The van der Waals surface area contributed by atoms with E-state index in [0.717, 1.165) is 0 Å². The average molecular weight is 288 g/mol. The molecule has 8 nitrogen and oxygen atoms in total. The topological polar surface area (TPSA) is 105 Å². The zero-order valence-corrected chi connectivity index (χ0v) is 11.4. The molecule has 0 fully saturated rings. The van der Waals surface area contributed by atoms with E-state index in [0.29, 0.717) is 5.56 Å². The van der Waals surface area contributed by atoms with Gasteiger partial charge in [-0.1, -0.05) is 0 Å². The van der Waals surface area contributed by atoms with E-state index in [-0.39, 0.29) is 23.3 Å². The summed E-state index contributed by atoms with van der Waals surface area (Å²) in [5.74, 6) is -0.662. The number of nitro benzene ring substituents is 1. The lowest BCUT2D eigenvalue weighted by atomic mass is 10.1. The van der Waals surface area contributed by atoms with Crippen molar-refractivity contribution in [3.8, 4) is 0 Å². The summed E-state index contributed by atoms with van der Waals surface area (Å²) in [7, 11) is 1.59. The van der Waals surface area contributed by atoms with Crippen molar-refractivity contribution in [3.05, 3.63) is 45.6 Å². The summed E-state index contributed by atoms with van der Waals surface area (Å²) < 4.78 is 0. The molecule has 8 heteroatoms. The van der Waals surface area contributed by atoms with Crippen LogP contribution in [0.5, 0.6) is 0 Å². The van der Waals surface area contributed by atoms with Gasteiger partial charge in [-0.25, -0.2) is 0 Å². The highest BCUT2D eigenvalue weighted by Gasteiger charge is 2.26. The molecule has 0 aromatic heterocycles. The molecular weight excluding hydrogens is 276 g/mol. The maximum absolute atomic E-state index is 11.8. The van der Waals surface area contributed by atoms with Crippen molar-refractivity contribution in [3.63, 3.8) is 0 Å². The summed E-state index contributed by atoms with van der Waals surface area (Å²) in [5.41, 5.74) is 0.862. The van der Waals surface area contributed by atoms with Gasteiger partial charge in [0.2, 0.25) is 11.9 Å². The number of carbonyl (C=O) groups is 2. The molecule has 1 aliphatic heterocycles. The van der Waals surface area contributed by atoms with Gasteiger partial charge in [0.1, 0.15) is 5.70 Å². The number of rotatable bonds is 2. The van der Waals surface area contributed by atoms with Crippen molar-refractivity contribution >= 4 is 29.5 Å². The molecule has 1 aliphatic rings. The van der Waals surface area contributed by atoms with Crippen LogP contribution in [0.2, 0.25) is 0 Å². The lowest BCUT2D eigenvalue weighted by molar-refractivity contribution is -0.384. The number of hydrogen-bond donors (Lipinski definition) is 1. The van der Waals surface area contributed by atoms with Gasteiger partial charge < -0.3 is 4.90 Å². The van der Waals surface area contributed by atoms with Gasteiger partial charge in [0.25, 0.3) is 11.6 Å². The number of guanidine groups is 1. The minimum absolute atomic E-state index is 0.0292. The molecule has 1 aromatic carbocycles. The van der Waals surface area contributed by atoms with Crippen molar-refractivity contribution < 1.29 is 14.5 Å². The molecule has 0 atom stereocenters. The first kappa shape index (κ1) is 14.4. The van der Waals surface area contributed by atoms with Crippen LogP contribution in [0.1, 0.15) is 12.5 Å². The fraction of sp³-hybridized carbons (Fsp3) is 0.154. The second-order valence-electron chi connectivity index (χ2n) is 4.36. The quantitative estimate of drug-likeness (QED) is 0.494. The van der Waals surface area contributed by atoms with Crippen molar-refractivity contribution in [2.45, 2.75) is 6.92 Å². The largest absolute Gasteiger partial charge is 0.310 e. The monoisotopic (exact) mass is 288 g/mol. The Morgan fingerprint density at radius 1 is 1.38 bits per heavy atom. The van der Waals surface area contributed by atoms with E-state index in [4.69, 9.17) is 0 Å². The molecule has 2 rings (SSSR count). The van der Waals surface area contributed by atoms with E-state index < -0.39 is 10.8 Å². The summed E-state index contributed by atoms with van der Waals surface area (Å²) >= 11 is 0. The van der Waals surface area contributed by atoms with Crippen LogP contribution in [0.4, 0.5) is 5.69 Å². The summed E-state index contributed by atoms with van der Waals surface area (Å²) in [6.45, 7) is 1.32. The number of hydrogen-bond acceptors (Lipinski definition) is 5. The standard InChI is InChI=1S/C13H12N4O4/c1-8(18)14-13-15-12(19)11(16(13)2)7-9-3-5-10(6-4-9)17(20)21/h3-7H,1-2H3,(H,14,15,18,19)/b11-7-. The van der Waals surface area contributed by atoms with Gasteiger partial charge in [-0.3, -0.25) is 25.0 Å². The first-order valence-corrected chi connectivity index (χ1v) is 5.99. The number of nitrogens with zero attached hydrogens (tertiary/aromatic N) is 3. The smallest absolute Gasteiger partial charge is 0.296 e. The Hall–Kier alpha value is -3.03. The number of nitro groups is 1. The Bertz CT molecular complexity index is 676. The van der Waals surface area contributed by atoms with Gasteiger partial charge in [0, 0.05) is 26.1 Å². The SMILES string of the molecule is CC(=O)NC1=NC(=O)/C(=C/c2ccc([N+](=O)[O-])cc2)N1C. The fourth-order valence-corrected chi connectivity index (χ4v) is 1.76. The van der Waals surface area contributed by atoms with E-state index >= 15 is 0 Å². The van der Waals surface area contributed by atoms with Crippen LogP contribution in [0.3, 0.4) is 0 Å². The number of nitrogens with one attached hydrogen (secondary N) is 1. The molecule has 0 unspecified atom stereocenters. The van der Waals surface area contributed by atoms with Crippen LogP contribution in [0, 0.1) is 10.1 Å². The van der Waals surface area contributed by atoms with E-state index in [9.17, 15) is 19.7 Å². The van der Waals surface area contributed by atoms with Crippen molar-refractivity contribution in [1.82, 2.24) is 10.2 Å². The summed E-state index contributed by atoms with van der Waals surface area (Å²) in [4.78, 5) is 38.1. The predicted octanol–water partition coefficient (Wildman–Crippen LogP) is 0.900. The second-order valence-corrected chi connectivity index (χ2v) is 4.36. The van der Waals surface area contributed by atoms with Gasteiger partial charge >= 0.3 is 0 Å². The molecule has 0 saturated heterocycles. The molecule has 1 aromatic rings. The Kier molecular flexibility index (Phi) is 3.79. The van der Waals surface area contributed by atoms with Crippen molar-refractivity contribution in [1.29, 1.82) is 0 Å². The minimum atomic E-state index is -0.498. The van der Waals surface area contributed by atoms with Crippen LogP contribution in [0.15, 0.2) is 35.0 Å². The highest BCUT2D eigenvalue weighted by Crippen LogP contribution is 2.19. The van der Waals surface area contributed by atoms with Gasteiger partial charge in [0.05, 0.1) is 4.92 Å². The molecule has 1 N–H and O–H groups in total. The number of aliphatic imine (C=N–C) groups is 1. The van der Waals surface area contributed by atoms with E-state index in [1.54, 1.807) is 13.1 Å². The lowest BCUT2D eigenvalue weighted by Gasteiger charge is -2.14. The molecule has 0 saturated carbocycles. The van der Waals surface area contributed by atoms with Crippen LogP contribution in [-0.2, 0) is 9.59 Å². The van der Waals surface area contributed by atoms with E-state index in [1.165, 1.54) is 36.1 Å². The normalized spacial score (nSPS) is 16.1. The molecular formula is C13H12N4O4. The maximum atomic E-state index is 11.8. The zero-order chi connectivity index (χ0) is 15.6. The molecule has 0 bridgehead atoms. The first-order valence-electron chi connectivity index (χ1n) is 5.99. The molecule has 0 aliphatic carbocycles. The summed E-state index contributed by atoms with van der Waals surface area (Å²) in [6.07, 6.45) is 1.55. The maximum Gasteiger partial charge on any atom is 0.296 e. The third-order valence-electron chi connectivity index (χ3n) is 2.80. The van der Waals surface area contributed by atoms with Crippen LogP contribution in [-0.4, -0.2) is 34.6 Å². The molecule has 2 amide bonds. The number of likely N-dealkylation sites (N-methyl/N-ethyl adjacent to an activating group) is 1. The fourth-order valence-electron chi connectivity index (χ4n) is 1.76.